The molecule has 0 spiro atoms. The number of nitrogens with one attached hydrogen (secondary N) is 1. The Morgan fingerprint density at radius 2 is 2.06 bits per heavy atom. The molecule has 4 rings (SSSR count). The van der Waals surface area contributed by atoms with Gasteiger partial charge in [0, 0.05) is 46.5 Å². The number of rotatable bonds is 5. The van der Waals surface area contributed by atoms with Crippen LogP contribution in [0.4, 0.5) is 5.69 Å². The second-order valence-electron chi connectivity index (χ2n) is 7.47. The molecule has 0 bridgehead atoms. The maximum Gasteiger partial charge on any atom is 0.317 e. The number of nitro groups is 1. The third-order valence-corrected chi connectivity index (χ3v) is 6.66. The van der Waals surface area contributed by atoms with Crippen LogP contribution in [0.2, 0.25) is 0 Å². The van der Waals surface area contributed by atoms with Crippen LogP contribution in [0, 0.1) is 16.0 Å². The first kappa shape index (κ1) is 20.9. The summed E-state index contributed by atoms with van der Waals surface area (Å²) in [6, 6.07) is 9.65. The number of non-ortho nitro benzene ring substituents is 1. The zero-order chi connectivity index (χ0) is 22.1. The van der Waals surface area contributed by atoms with Gasteiger partial charge in [-0.2, -0.15) is 0 Å². The number of ether oxygens (including phenoxy) is 1. The zero-order valence-corrected chi connectivity index (χ0v) is 17.5. The summed E-state index contributed by atoms with van der Waals surface area (Å²) in [6.07, 6.45) is 0.285. The maximum absolute atomic E-state index is 13.7. The Kier molecular flexibility index (Phi) is 5.69. The van der Waals surface area contributed by atoms with Gasteiger partial charge in [0.1, 0.15) is 5.92 Å². The summed E-state index contributed by atoms with van der Waals surface area (Å²) in [5, 5.41) is 15.9. The molecule has 3 unspecified atom stereocenters. The van der Waals surface area contributed by atoms with Crippen LogP contribution in [0.1, 0.15) is 42.0 Å². The second-order valence-corrected chi connectivity index (χ2v) is 8.45. The van der Waals surface area contributed by atoms with Gasteiger partial charge in [-0.3, -0.25) is 24.5 Å². The van der Waals surface area contributed by atoms with E-state index in [9.17, 15) is 24.5 Å². The highest BCUT2D eigenvalue weighted by atomic mass is 32.1. The number of ketones is 1. The Bertz CT molecular complexity index is 1090. The van der Waals surface area contributed by atoms with Crippen LogP contribution in [0.25, 0.3) is 0 Å². The molecule has 2 heterocycles. The highest BCUT2D eigenvalue weighted by Crippen LogP contribution is 2.46. The maximum atomic E-state index is 13.7. The monoisotopic (exact) mass is 440 g/mol. The van der Waals surface area contributed by atoms with Gasteiger partial charge in [0.15, 0.2) is 5.78 Å². The lowest BCUT2D eigenvalue weighted by atomic mass is 9.69. The smallest absolute Gasteiger partial charge is 0.317 e. The van der Waals surface area contributed by atoms with Crippen molar-refractivity contribution in [3.05, 3.63) is 73.6 Å². The topological polar surface area (TPSA) is 116 Å². The van der Waals surface area contributed by atoms with Gasteiger partial charge in [0.25, 0.3) is 5.69 Å². The molecule has 0 fully saturated rings. The van der Waals surface area contributed by atoms with Crippen molar-refractivity contribution in [1.29, 1.82) is 0 Å². The molecule has 1 aliphatic heterocycles. The molecule has 0 saturated heterocycles. The number of esters is 1. The van der Waals surface area contributed by atoms with Gasteiger partial charge in [-0.05, 0) is 30.4 Å². The van der Waals surface area contributed by atoms with E-state index in [1.165, 1.54) is 29.5 Å². The molecule has 2 aromatic rings. The van der Waals surface area contributed by atoms with Gasteiger partial charge >= 0.3 is 5.97 Å². The van der Waals surface area contributed by atoms with Crippen LogP contribution in [-0.4, -0.2) is 29.2 Å². The van der Waals surface area contributed by atoms with Crippen molar-refractivity contribution in [2.45, 2.75) is 31.6 Å². The van der Waals surface area contributed by atoms with Crippen LogP contribution >= 0.6 is 11.3 Å². The van der Waals surface area contributed by atoms with E-state index in [1.807, 2.05) is 17.5 Å². The molecular formula is C22H20N2O6S. The van der Waals surface area contributed by atoms with Crippen molar-refractivity contribution in [2.75, 3.05) is 6.61 Å². The Morgan fingerprint density at radius 3 is 2.74 bits per heavy atom. The van der Waals surface area contributed by atoms with E-state index in [1.54, 1.807) is 13.0 Å². The summed E-state index contributed by atoms with van der Waals surface area (Å²) in [4.78, 5) is 50.5. The highest BCUT2D eigenvalue weighted by molar-refractivity contribution is 7.10. The van der Waals surface area contributed by atoms with E-state index in [2.05, 4.69) is 5.32 Å². The lowest BCUT2D eigenvalue weighted by Crippen LogP contribution is -2.44. The predicted molar refractivity (Wildman–Crippen MR) is 112 cm³/mol. The minimum Gasteiger partial charge on any atom is -0.465 e. The van der Waals surface area contributed by atoms with E-state index in [-0.39, 0.29) is 24.6 Å². The lowest BCUT2D eigenvalue weighted by molar-refractivity contribution is -0.384. The standard InChI is InChI=1S/C22H20N2O6S/c1-2-30-22(27)20-15(17-7-4-8-31-17)10-16-19(21(20)26)14(11-18(25)23-16)12-5-3-6-13(9-12)24(28)29/h3-9,14-15,20H,2,10-11H2,1H3,(H,23,25). The average Bonchev–Trinajstić information content (AvgIpc) is 3.27. The fourth-order valence-electron chi connectivity index (χ4n) is 4.36. The van der Waals surface area contributed by atoms with E-state index in [4.69, 9.17) is 4.74 Å². The van der Waals surface area contributed by atoms with E-state index in [0.29, 0.717) is 23.3 Å². The molecule has 9 heteroatoms. The number of benzene rings is 1. The molecule has 1 N–H and O–H groups in total. The Morgan fingerprint density at radius 1 is 1.26 bits per heavy atom. The molecule has 1 aliphatic carbocycles. The van der Waals surface area contributed by atoms with Crippen LogP contribution in [0.15, 0.2) is 53.0 Å². The molecule has 3 atom stereocenters. The molecule has 1 aromatic carbocycles. The molecule has 31 heavy (non-hydrogen) atoms. The number of allylic oxidation sites excluding steroid dienone is 2. The third kappa shape index (κ3) is 3.88. The summed E-state index contributed by atoms with van der Waals surface area (Å²) in [5.41, 5.74) is 1.21. The number of amides is 1. The van der Waals surface area contributed by atoms with Crippen molar-refractivity contribution >= 4 is 34.7 Å². The quantitative estimate of drug-likeness (QED) is 0.330. The lowest BCUT2D eigenvalue weighted by Gasteiger charge is -2.37. The molecule has 2 aliphatic rings. The molecule has 0 saturated carbocycles. The minimum atomic E-state index is -1.02. The molecule has 160 valence electrons. The summed E-state index contributed by atoms with van der Waals surface area (Å²) < 4.78 is 5.22. The number of carbonyl (C=O) groups excluding carboxylic acids is 3. The van der Waals surface area contributed by atoms with Crippen molar-refractivity contribution in [1.82, 2.24) is 5.32 Å². The Balaban J connectivity index is 1.82. The van der Waals surface area contributed by atoms with E-state index < -0.39 is 34.4 Å². The summed E-state index contributed by atoms with van der Waals surface area (Å²) in [7, 11) is 0. The van der Waals surface area contributed by atoms with Crippen LogP contribution in [-0.2, 0) is 19.1 Å². The van der Waals surface area contributed by atoms with Crippen LogP contribution in [0.3, 0.4) is 0 Å². The normalized spacial score (nSPS) is 23.2. The molecule has 1 amide bonds. The number of nitrogens with zero attached hydrogens (tertiary/aromatic N) is 1. The Hall–Kier alpha value is -3.33. The van der Waals surface area contributed by atoms with Crippen molar-refractivity contribution in [3.8, 4) is 0 Å². The molecule has 1 aromatic heterocycles. The first-order valence-corrected chi connectivity index (χ1v) is 10.8. The number of carbonyl (C=O) groups is 3. The van der Waals surface area contributed by atoms with Gasteiger partial charge < -0.3 is 10.1 Å². The van der Waals surface area contributed by atoms with Gasteiger partial charge in [-0.1, -0.05) is 18.2 Å². The Labute approximate surface area is 182 Å². The fraction of sp³-hybridized carbons (Fsp3) is 0.318. The summed E-state index contributed by atoms with van der Waals surface area (Å²) >= 11 is 1.44. The van der Waals surface area contributed by atoms with Gasteiger partial charge in [-0.15, -0.1) is 11.3 Å². The SMILES string of the molecule is CCOC(=O)C1C(=O)C2=C(CC1c1cccs1)NC(=O)CC2c1cccc([N+](=O)[O-])c1. The number of nitro benzene ring substituents is 1. The van der Waals surface area contributed by atoms with Crippen molar-refractivity contribution in [2.24, 2.45) is 5.92 Å². The first-order valence-electron chi connectivity index (χ1n) is 9.92. The van der Waals surface area contributed by atoms with Crippen molar-refractivity contribution in [3.63, 3.8) is 0 Å². The molecule has 0 radical (unpaired) electrons. The van der Waals surface area contributed by atoms with Gasteiger partial charge in [0.05, 0.1) is 11.5 Å². The number of hydrogen-bond acceptors (Lipinski definition) is 7. The largest absolute Gasteiger partial charge is 0.465 e. The van der Waals surface area contributed by atoms with Crippen LogP contribution in [0.5, 0.6) is 0 Å². The fourth-order valence-corrected chi connectivity index (χ4v) is 5.23. The number of hydrogen-bond donors (Lipinski definition) is 1. The molecule has 8 nitrogen and oxygen atoms in total. The van der Waals surface area contributed by atoms with E-state index in [0.717, 1.165) is 4.88 Å². The number of thiophene rings is 1. The zero-order valence-electron chi connectivity index (χ0n) is 16.7. The minimum absolute atomic E-state index is 0.0229. The second kappa shape index (κ2) is 8.43. The molecular weight excluding hydrogens is 420 g/mol. The van der Waals surface area contributed by atoms with Gasteiger partial charge in [-0.25, -0.2) is 0 Å². The average molecular weight is 440 g/mol. The van der Waals surface area contributed by atoms with Crippen molar-refractivity contribution < 1.29 is 24.0 Å². The third-order valence-electron chi connectivity index (χ3n) is 5.66. The van der Waals surface area contributed by atoms with E-state index >= 15 is 0 Å². The van der Waals surface area contributed by atoms with Crippen LogP contribution < -0.4 is 5.32 Å². The highest BCUT2D eigenvalue weighted by Gasteiger charge is 2.48. The van der Waals surface area contributed by atoms with Gasteiger partial charge in [0.2, 0.25) is 5.91 Å². The summed E-state index contributed by atoms with van der Waals surface area (Å²) in [5.74, 6) is -3.36. The first-order chi connectivity index (χ1) is 14.9. The summed E-state index contributed by atoms with van der Waals surface area (Å²) in [6.45, 7) is 1.83. The number of Topliss-reactive ketones (excluding diaryl/α,β-unsaturated/α-hetero) is 1. The predicted octanol–water partition coefficient (Wildman–Crippen LogP) is 3.45.